The van der Waals surface area contributed by atoms with Crippen LogP contribution >= 0.6 is 0 Å². The van der Waals surface area contributed by atoms with Gasteiger partial charge in [-0.25, -0.2) is 0 Å². The Labute approximate surface area is 80.8 Å². The van der Waals surface area contributed by atoms with E-state index in [2.05, 4.69) is 9.47 Å². The molecule has 0 amide bonds. The van der Waals surface area contributed by atoms with Gasteiger partial charge in [-0.15, -0.1) is 0 Å². The first-order chi connectivity index (χ1) is 6.47. The van der Waals surface area contributed by atoms with Crippen molar-refractivity contribution in [1.82, 2.24) is 0 Å². The molecule has 80 valence electrons. The maximum Gasteiger partial charge on any atom is 0.303 e. The van der Waals surface area contributed by atoms with E-state index in [-0.39, 0.29) is 6.61 Å². The second kappa shape index (κ2) is 6.09. The largest absolute Gasteiger partial charge is 0.461 e. The minimum absolute atomic E-state index is 0.367. The number of aliphatic hydroxyl groups is 1. The molecule has 0 fully saturated rings. The van der Waals surface area contributed by atoms with E-state index in [9.17, 15) is 14.4 Å². The van der Waals surface area contributed by atoms with E-state index in [0.717, 1.165) is 13.8 Å². The second-order valence-corrected chi connectivity index (χ2v) is 2.53. The number of hydrogen-bond acceptors (Lipinski definition) is 6. The molecule has 0 unspecified atom stereocenters. The van der Waals surface area contributed by atoms with Crippen LogP contribution in [-0.2, 0) is 23.9 Å². The number of aliphatic hydroxyl groups excluding tert-OH is 1. The van der Waals surface area contributed by atoms with Crippen LogP contribution in [0.15, 0.2) is 0 Å². The summed E-state index contributed by atoms with van der Waals surface area (Å²) in [4.78, 5) is 31.9. The van der Waals surface area contributed by atoms with Crippen LogP contribution in [0.1, 0.15) is 13.8 Å². The Kier molecular flexibility index (Phi) is 5.47. The molecule has 6 heteroatoms. The van der Waals surface area contributed by atoms with Crippen molar-refractivity contribution in [2.45, 2.75) is 20.0 Å². The van der Waals surface area contributed by atoms with Crippen LogP contribution in [-0.4, -0.2) is 42.1 Å². The van der Waals surface area contributed by atoms with Gasteiger partial charge in [0.05, 0.1) is 0 Å². The van der Waals surface area contributed by atoms with E-state index in [1.165, 1.54) is 0 Å². The number of esters is 2. The molecule has 0 heterocycles. The van der Waals surface area contributed by atoms with E-state index in [4.69, 9.17) is 5.11 Å². The minimum Gasteiger partial charge on any atom is -0.461 e. The zero-order valence-electron chi connectivity index (χ0n) is 7.98. The van der Waals surface area contributed by atoms with Crippen molar-refractivity contribution in [3.63, 3.8) is 0 Å². The predicted octanol–water partition coefficient (Wildman–Crippen LogP) is -0.957. The van der Waals surface area contributed by atoms with Crippen LogP contribution in [0.2, 0.25) is 0 Å². The Morgan fingerprint density at radius 3 is 2.14 bits per heavy atom. The molecule has 0 aliphatic rings. The summed E-state index contributed by atoms with van der Waals surface area (Å²) in [7, 11) is 0. The summed E-state index contributed by atoms with van der Waals surface area (Å²) in [5.41, 5.74) is 0. The standard InChI is InChI=1S/C8H12O6/c1-5(10)13-4-8(7(12)3-9)14-6(2)11/h8-9H,3-4H2,1-2H3/t8-/m1/s1. The minimum atomic E-state index is -1.22. The molecular formula is C8H12O6. The lowest BCUT2D eigenvalue weighted by Gasteiger charge is -2.13. The van der Waals surface area contributed by atoms with Crippen molar-refractivity contribution in [2.24, 2.45) is 0 Å². The van der Waals surface area contributed by atoms with Crippen molar-refractivity contribution >= 4 is 17.7 Å². The van der Waals surface area contributed by atoms with Gasteiger partial charge < -0.3 is 14.6 Å². The molecule has 0 aromatic carbocycles. The summed E-state index contributed by atoms with van der Waals surface area (Å²) in [6.45, 7) is 1.15. The summed E-state index contributed by atoms with van der Waals surface area (Å²) >= 11 is 0. The first kappa shape index (κ1) is 12.6. The lowest BCUT2D eigenvalue weighted by Crippen LogP contribution is -2.33. The van der Waals surface area contributed by atoms with Gasteiger partial charge >= 0.3 is 11.9 Å². The van der Waals surface area contributed by atoms with Gasteiger partial charge in [0.25, 0.3) is 0 Å². The Hall–Kier alpha value is -1.43. The second-order valence-electron chi connectivity index (χ2n) is 2.53. The van der Waals surface area contributed by atoms with Crippen LogP contribution in [0.3, 0.4) is 0 Å². The Balaban J connectivity index is 4.17. The highest BCUT2D eigenvalue weighted by molar-refractivity contribution is 5.86. The topological polar surface area (TPSA) is 89.9 Å². The molecule has 0 spiro atoms. The molecule has 0 bridgehead atoms. The van der Waals surface area contributed by atoms with Gasteiger partial charge in [0.15, 0.2) is 6.10 Å². The number of carbonyl (C=O) groups excluding carboxylic acids is 3. The number of rotatable bonds is 5. The lowest BCUT2D eigenvalue weighted by molar-refractivity contribution is -0.162. The summed E-state index contributed by atoms with van der Waals surface area (Å²) < 4.78 is 9.01. The molecule has 0 aromatic rings. The van der Waals surface area contributed by atoms with Gasteiger partial charge in [-0.2, -0.15) is 0 Å². The fourth-order valence-corrected chi connectivity index (χ4v) is 0.688. The van der Waals surface area contributed by atoms with Gasteiger partial charge in [-0.1, -0.05) is 0 Å². The van der Waals surface area contributed by atoms with Gasteiger partial charge in [0.1, 0.15) is 13.2 Å². The third-order valence-corrected chi connectivity index (χ3v) is 1.26. The number of ketones is 1. The van der Waals surface area contributed by atoms with Gasteiger partial charge in [0, 0.05) is 13.8 Å². The van der Waals surface area contributed by atoms with Crippen LogP contribution in [0.5, 0.6) is 0 Å². The molecule has 1 atom stereocenters. The summed E-state index contributed by atoms with van der Waals surface area (Å²) in [6.07, 6.45) is -1.22. The lowest BCUT2D eigenvalue weighted by atomic mass is 10.2. The van der Waals surface area contributed by atoms with Gasteiger partial charge in [0.2, 0.25) is 5.78 Å². The van der Waals surface area contributed by atoms with Gasteiger partial charge in [-0.3, -0.25) is 14.4 Å². The fraction of sp³-hybridized carbons (Fsp3) is 0.625. The number of carbonyl (C=O) groups is 3. The third kappa shape index (κ3) is 5.26. The summed E-state index contributed by atoms with van der Waals surface area (Å²) in [5.74, 6) is -1.97. The molecule has 14 heavy (non-hydrogen) atoms. The molecule has 0 radical (unpaired) electrons. The van der Waals surface area contributed by atoms with E-state index >= 15 is 0 Å². The molecule has 1 N–H and O–H groups in total. The monoisotopic (exact) mass is 204 g/mol. The first-order valence-electron chi connectivity index (χ1n) is 3.91. The average Bonchev–Trinajstić information content (AvgIpc) is 2.10. The van der Waals surface area contributed by atoms with Crippen molar-refractivity contribution < 1.29 is 29.0 Å². The van der Waals surface area contributed by atoms with Crippen LogP contribution in [0.25, 0.3) is 0 Å². The summed E-state index contributed by atoms with van der Waals surface area (Å²) in [5, 5.41) is 8.50. The Morgan fingerprint density at radius 2 is 1.79 bits per heavy atom. The van der Waals surface area contributed by atoms with Crippen molar-refractivity contribution in [3.8, 4) is 0 Å². The summed E-state index contributed by atoms with van der Waals surface area (Å²) in [6, 6.07) is 0. The molecule has 6 nitrogen and oxygen atoms in total. The third-order valence-electron chi connectivity index (χ3n) is 1.26. The van der Waals surface area contributed by atoms with Crippen LogP contribution in [0, 0.1) is 0 Å². The molecule has 0 saturated carbocycles. The SMILES string of the molecule is CC(=O)OC[C@@H](OC(C)=O)C(=O)CO. The molecule has 0 rings (SSSR count). The van der Waals surface area contributed by atoms with Crippen molar-refractivity contribution in [2.75, 3.05) is 13.2 Å². The highest BCUT2D eigenvalue weighted by atomic mass is 16.6. The maximum atomic E-state index is 10.9. The average molecular weight is 204 g/mol. The molecular weight excluding hydrogens is 192 g/mol. The van der Waals surface area contributed by atoms with E-state index in [1.54, 1.807) is 0 Å². The van der Waals surface area contributed by atoms with Crippen LogP contribution < -0.4 is 0 Å². The van der Waals surface area contributed by atoms with E-state index < -0.39 is 30.4 Å². The highest BCUT2D eigenvalue weighted by Crippen LogP contribution is 1.97. The normalized spacial score (nSPS) is 11.6. The van der Waals surface area contributed by atoms with Crippen LogP contribution in [0.4, 0.5) is 0 Å². The zero-order valence-corrected chi connectivity index (χ0v) is 7.98. The maximum absolute atomic E-state index is 10.9. The fourth-order valence-electron chi connectivity index (χ4n) is 0.688. The Bertz CT molecular complexity index is 234. The highest BCUT2D eigenvalue weighted by Gasteiger charge is 2.21. The first-order valence-corrected chi connectivity index (χ1v) is 3.91. The predicted molar refractivity (Wildman–Crippen MR) is 44.3 cm³/mol. The number of hydrogen-bond donors (Lipinski definition) is 1. The number of ether oxygens (including phenoxy) is 2. The molecule has 0 aromatic heterocycles. The Morgan fingerprint density at radius 1 is 1.21 bits per heavy atom. The molecule has 0 aliphatic heterocycles. The van der Waals surface area contributed by atoms with Gasteiger partial charge in [-0.05, 0) is 0 Å². The molecule has 0 aliphatic carbocycles. The van der Waals surface area contributed by atoms with E-state index in [0.29, 0.717) is 0 Å². The quantitative estimate of drug-likeness (QED) is 0.580. The van der Waals surface area contributed by atoms with Crippen molar-refractivity contribution in [3.05, 3.63) is 0 Å². The smallest absolute Gasteiger partial charge is 0.303 e. The number of Topliss-reactive ketones (excluding diaryl/α,β-unsaturated/α-hetero) is 1. The van der Waals surface area contributed by atoms with E-state index in [1.807, 2.05) is 0 Å². The van der Waals surface area contributed by atoms with Crippen molar-refractivity contribution in [1.29, 1.82) is 0 Å². The molecule has 0 saturated heterocycles. The zero-order chi connectivity index (χ0) is 11.1.